The minimum absolute atomic E-state index is 0.0950. The average Bonchev–Trinajstić information content (AvgIpc) is 2.99. The molecule has 136 valence electrons. The first-order valence-electron chi connectivity index (χ1n) is 8.40. The van der Waals surface area contributed by atoms with Gasteiger partial charge in [0.05, 0.1) is 18.6 Å². The summed E-state index contributed by atoms with van der Waals surface area (Å²) in [6.07, 6.45) is 3.89. The van der Waals surface area contributed by atoms with Crippen molar-refractivity contribution in [1.82, 2.24) is 10.3 Å². The lowest BCUT2D eigenvalue weighted by Crippen LogP contribution is -2.36. The van der Waals surface area contributed by atoms with Crippen molar-refractivity contribution in [2.75, 3.05) is 11.9 Å². The first-order chi connectivity index (χ1) is 12.0. The van der Waals surface area contributed by atoms with Gasteiger partial charge in [0.1, 0.15) is 11.9 Å². The molecule has 1 aliphatic rings. The van der Waals surface area contributed by atoms with Crippen LogP contribution in [0.2, 0.25) is 0 Å². The molecule has 0 aliphatic carbocycles. The van der Waals surface area contributed by atoms with Gasteiger partial charge in [-0.25, -0.2) is 4.98 Å². The van der Waals surface area contributed by atoms with Crippen LogP contribution in [-0.2, 0) is 14.4 Å². The number of carbonyl (C=O) groups excluding carboxylic acids is 1. The molecule has 8 nitrogen and oxygen atoms in total. The minimum Gasteiger partial charge on any atom is -0.481 e. The third kappa shape index (κ3) is 7.19. The standard InChI is InChI=1S/C17H24N4O4/c1-12(9-17(23)24)20-16(22)11-14-10-13(21-25-14)5-4-8-19-15-6-2-3-7-18-15/h2-3,6-7,12,14H,4-5,8-11H2,1H3,(H,18,19)(H,20,22)(H,23,24)/t12-,14-/m1/s1. The van der Waals surface area contributed by atoms with Crippen LogP contribution in [0.3, 0.4) is 0 Å². The molecular weight excluding hydrogens is 324 g/mol. The second-order valence-corrected chi connectivity index (χ2v) is 6.10. The van der Waals surface area contributed by atoms with Gasteiger partial charge in [-0.3, -0.25) is 9.59 Å². The van der Waals surface area contributed by atoms with Gasteiger partial charge in [0, 0.05) is 25.2 Å². The summed E-state index contributed by atoms with van der Waals surface area (Å²) in [6, 6.07) is 5.31. The van der Waals surface area contributed by atoms with E-state index in [2.05, 4.69) is 20.8 Å². The molecule has 0 fully saturated rings. The number of nitrogens with one attached hydrogen (secondary N) is 2. The van der Waals surface area contributed by atoms with Gasteiger partial charge in [-0.2, -0.15) is 0 Å². The van der Waals surface area contributed by atoms with Gasteiger partial charge in [0.25, 0.3) is 0 Å². The smallest absolute Gasteiger partial charge is 0.305 e. The molecule has 25 heavy (non-hydrogen) atoms. The largest absolute Gasteiger partial charge is 0.481 e. The Balaban J connectivity index is 1.59. The molecule has 1 aromatic rings. The van der Waals surface area contributed by atoms with Crippen LogP contribution in [0.15, 0.2) is 29.6 Å². The lowest BCUT2D eigenvalue weighted by Gasteiger charge is -2.13. The monoisotopic (exact) mass is 348 g/mol. The van der Waals surface area contributed by atoms with E-state index in [0.29, 0.717) is 6.42 Å². The third-order valence-corrected chi connectivity index (χ3v) is 3.71. The fourth-order valence-electron chi connectivity index (χ4n) is 2.57. The zero-order valence-corrected chi connectivity index (χ0v) is 14.3. The number of carboxylic acids is 1. The van der Waals surface area contributed by atoms with E-state index >= 15 is 0 Å². The number of hydrogen-bond donors (Lipinski definition) is 3. The number of anilines is 1. The first kappa shape index (κ1) is 18.7. The third-order valence-electron chi connectivity index (χ3n) is 3.71. The fourth-order valence-corrected chi connectivity index (χ4v) is 2.57. The van der Waals surface area contributed by atoms with Crippen molar-refractivity contribution in [2.24, 2.45) is 5.16 Å². The number of aliphatic carboxylic acids is 1. The first-order valence-corrected chi connectivity index (χ1v) is 8.40. The molecule has 8 heteroatoms. The number of nitrogens with zero attached hydrogens (tertiary/aromatic N) is 2. The van der Waals surface area contributed by atoms with Gasteiger partial charge in [-0.05, 0) is 31.9 Å². The molecule has 0 bridgehead atoms. The molecule has 2 rings (SSSR count). The maximum absolute atomic E-state index is 11.9. The van der Waals surface area contributed by atoms with Crippen molar-refractivity contribution in [1.29, 1.82) is 0 Å². The van der Waals surface area contributed by atoms with Gasteiger partial charge >= 0.3 is 5.97 Å². The summed E-state index contributed by atoms with van der Waals surface area (Å²) >= 11 is 0. The highest BCUT2D eigenvalue weighted by Gasteiger charge is 2.24. The Hall–Kier alpha value is -2.64. The topological polar surface area (TPSA) is 113 Å². The molecule has 1 amide bonds. The van der Waals surface area contributed by atoms with Crippen molar-refractivity contribution in [3.63, 3.8) is 0 Å². The van der Waals surface area contributed by atoms with Crippen LogP contribution in [0.25, 0.3) is 0 Å². The van der Waals surface area contributed by atoms with Crippen molar-refractivity contribution in [3.8, 4) is 0 Å². The number of pyridine rings is 1. The Morgan fingerprint density at radius 3 is 3.00 bits per heavy atom. The van der Waals surface area contributed by atoms with Crippen LogP contribution >= 0.6 is 0 Å². The van der Waals surface area contributed by atoms with Gasteiger partial charge < -0.3 is 20.6 Å². The van der Waals surface area contributed by atoms with Crippen LogP contribution in [0.1, 0.15) is 39.0 Å². The second-order valence-electron chi connectivity index (χ2n) is 6.10. The van der Waals surface area contributed by atoms with E-state index in [4.69, 9.17) is 9.94 Å². The molecule has 0 aromatic carbocycles. The molecule has 0 saturated carbocycles. The van der Waals surface area contributed by atoms with E-state index in [1.165, 1.54) is 0 Å². The van der Waals surface area contributed by atoms with Crippen LogP contribution in [-0.4, -0.2) is 46.4 Å². The number of rotatable bonds is 10. The predicted molar refractivity (Wildman–Crippen MR) is 93.4 cm³/mol. The van der Waals surface area contributed by atoms with Gasteiger partial charge in [-0.1, -0.05) is 11.2 Å². The molecule has 0 unspecified atom stereocenters. The zero-order valence-electron chi connectivity index (χ0n) is 14.3. The Kier molecular flexibility index (Phi) is 7.18. The van der Waals surface area contributed by atoms with Crippen molar-refractivity contribution in [3.05, 3.63) is 24.4 Å². The van der Waals surface area contributed by atoms with Gasteiger partial charge in [0.2, 0.25) is 5.91 Å². The summed E-state index contributed by atoms with van der Waals surface area (Å²) in [7, 11) is 0. The average molecular weight is 348 g/mol. The van der Waals surface area contributed by atoms with Crippen LogP contribution in [0.4, 0.5) is 5.82 Å². The molecule has 3 N–H and O–H groups in total. The van der Waals surface area contributed by atoms with E-state index in [1.54, 1.807) is 13.1 Å². The highest BCUT2D eigenvalue weighted by molar-refractivity contribution is 5.86. The van der Waals surface area contributed by atoms with Gasteiger partial charge in [-0.15, -0.1) is 0 Å². The maximum atomic E-state index is 11.9. The van der Waals surface area contributed by atoms with E-state index in [1.807, 2.05) is 18.2 Å². The number of carboxylic acid groups (broad SMARTS) is 1. The second kappa shape index (κ2) is 9.61. The SMILES string of the molecule is C[C@H](CC(=O)O)NC(=O)C[C@H]1CC(CCCNc2ccccn2)=NO1. The summed E-state index contributed by atoms with van der Waals surface area (Å²) in [5.74, 6) is -0.306. The summed E-state index contributed by atoms with van der Waals surface area (Å²) in [5.41, 5.74) is 0.944. The van der Waals surface area contributed by atoms with Crippen LogP contribution in [0.5, 0.6) is 0 Å². The molecule has 1 aliphatic heterocycles. The van der Waals surface area contributed by atoms with Crippen LogP contribution in [0, 0.1) is 0 Å². The van der Waals surface area contributed by atoms with E-state index in [-0.39, 0.29) is 24.9 Å². The maximum Gasteiger partial charge on any atom is 0.305 e. The number of hydrogen-bond acceptors (Lipinski definition) is 6. The van der Waals surface area contributed by atoms with Crippen LogP contribution < -0.4 is 10.6 Å². The van der Waals surface area contributed by atoms with E-state index in [0.717, 1.165) is 30.9 Å². The quantitative estimate of drug-likeness (QED) is 0.556. The number of amides is 1. The fraction of sp³-hybridized carbons (Fsp3) is 0.529. The summed E-state index contributed by atoms with van der Waals surface area (Å²) in [4.78, 5) is 31.9. The van der Waals surface area contributed by atoms with Gasteiger partial charge in [0.15, 0.2) is 0 Å². The Morgan fingerprint density at radius 2 is 2.28 bits per heavy atom. The number of carbonyl (C=O) groups is 2. The Labute approximate surface area is 146 Å². The molecule has 0 saturated heterocycles. The van der Waals surface area contributed by atoms with Crippen molar-refractivity contribution >= 4 is 23.4 Å². The van der Waals surface area contributed by atoms with Crippen molar-refractivity contribution < 1.29 is 19.5 Å². The highest BCUT2D eigenvalue weighted by Crippen LogP contribution is 2.17. The normalized spacial score (nSPS) is 17.3. The molecule has 2 atom stereocenters. The molecule has 1 aromatic heterocycles. The zero-order chi connectivity index (χ0) is 18.1. The summed E-state index contributed by atoms with van der Waals surface area (Å²) in [5, 5.41) is 18.6. The number of aromatic nitrogens is 1. The Bertz CT molecular complexity index is 606. The minimum atomic E-state index is -0.935. The van der Waals surface area contributed by atoms with Crippen molar-refractivity contribution in [2.45, 2.75) is 51.2 Å². The molecule has 2 heterocycles. The predicted octanol–water partition coefficient (Wildman–Crippen LogP) is 1.79. The van der Waals surface area contributed by atoms with E-state index < -0.39 is 12.0 Å². The Morgan fingerprint density at radius 1 is 1.44 bits per heavy atom. The molecular formula is C17H24N4O4. The summed E-state index contributed by atoms with van der Waals surface area (Å²) < 4.78 is 0. The molecule has 0 spiro atoms. The number of oxime groups is 1. The lowest BCUT2D eigenvalue weighted by molar-refractivity contribution is -0.137. The summed E-state index contributed by atoms with van der Waals surface area (Å²) in [6.45, 7) is 2.45. The lowest BCUT2D eigenvalue weighted by atomic mass is 10.1. The molecule has 0 radical (unpaired) electrons. The highest BCUT2D eigenvalue weighted by atomic mass is 16.6. The van der Waals surface area contributed by atoms with E-state index in [9.17, 15) is 9.59 Å².